The molecule has 4 aromatic rings. The molecule has 0 saturated heterocycles. The number of esters is 2. The molecule has 0 aromatic heterocycles. The highest BCUT2D eigenvalue weighted by Gasteiger charge is 2.61. The molecular weight excluding hydrogens is 544 g/mol. The number of aliphatic imine (C=N–C) groups is 1. The molecule has 8 nitrogen and oxygen atoms in total. The van der Waals surface area contributed by atoms with Gasteiger partial charge in [-0.1, -0.05) is 55.1 Å². The average Bonchev–Trinajstić information content (AvgIpc) is 3.21. The van der Waals surface area contributed by atoms with E-state index in [1.165, 1.54) is 6.08 Å². The topological polar surface area (TPSA) is 86.7 Å². The molecule has 2 atom stereocenters. The predicted octanol–water partition coefficient (Wildman–Crippen LogP) is 6.98. The van der Waals surface area contributed by atoms with E-state index in [0.29, 0.717) is 27.8 Å². The molecule has 2 aliphatic heterocycles. The number of rotatable bonds is 7. The van der Waals surface area contributed by atoms with E-state index in [1.54, 1.807) is 49.6 Å². The molecule has 218 valence electrons. The number of carbonyl (C=O) groups is 2. The molecule has 6 rings (SSSR count). The van der Waals surface area contributed by atoms with Crippen molar-refractivity contribution >= 4 is 40.3 Å². The Morgan fingerprint density at radius 3 is 2.51 bits per heavy atom. The Labute approximate surface area is 250 Å². The maximum absolute atomic E-state index is 13.2. The minimum atomic E-state index is -0.982. The molecule has 2 aliphatic rings. The van der Waals surface area contributed by atoms with Crippen LogP contribution in [0.2, 0.25) is 0 Å². The predicted molar refractivity (Wildman–Crippen MR) is 166 cm³/mol. The molecule has 1 spiro atoms. The van der Waals surface area contributed by atoms with Gasteiger partial charge in [0.25, 0.3) is 0 Å². The van der Waals surface area contributed by atoms with Crippen molar-refractivity contribution in [2.75, 3.05) is 18.6 Å². The number of ether oxygens (including phenoxy) is 4. The molecule has 2 heterocycles. The minimum Gasteiger partial charge on any atom is -0.459 e. The number of para-hydroxylation sites is 1. The van der Waals surface area contributed by atoms with Gasteiger partial charge in [0.2, 0.25) is 5.72 Å². The number of methoxy groups -OCH3 is 1. The second-order valence-electron chi connectivity index (χ2n) is 11.0. The highest BCUT2D eigenvalue weighted by molar-refractivity contribution is 6.06. The lowest BCUT2D eigenvalue weighted by Crippen LogP contribution is -2.64. The zero-order valence-electron chi connectivity index (χ0n) is 24.5. The van der Waals surface area contributed by atoms with E-state index in [4.69, 9.17) is 23.9 Å². The normalized spacial score (nSPS) is 18.5. The monoisotopic (exact) mass is 576 g/mol. The third-order valence-corrected chi connectivity index (χ3v) is 8.25. The Bertz CT molecular complexity index is 1780. The average molecular weight is 577 g/mol. The summed E-state index contributed by atoms with van der Waals surface area (Å²) in [5, 5.41) is 1.36. The van der Waals surface area contributed by atoms with Gasteiger partial charge in [0.05, 0.1) is 17.2 Å². The van der Waals surface area contributed by atoms with Crippen LogP contribution in [0, 0.1) is 0 Å². The molecular formula is C35H32N2O6. The van der Waals surface area contributed by atoms with Gasteiger partial charge in [-0.25, -0.2) is 9.59 Å². The van der Waals surface area contributed by atoms with Crippen LogP contribution in [-0.2, 0) is 14.9 Å². The van der Waals surface area contributed by atoms with Gasteiger partial charge < -0.3 is 23.8 Å². The smallest absolute Gasteiger partial charge is 0.343 e. The molecule has 0 fully saturated rings. The summed E-state index contributed by atoms with van der Waals surface area (Å²) in [5.41, 5.74) is 1.65. The highest BCUT2D eigenvalue weighted by atomic mass is 16.6. The summed E-state index contributed by atoms with van der Waals surface area (Å²) in [6.07, 6.45) is 2.98. The highest BCUT2D eigenvalue weighted by Crippen LogP contribution is 2.55. The Morgan fingerprint density at radius 2 is 1.77 bits per heavy atom. The van der Waals surface area contributed by atoms with Crippen molar-refractivity contribution in [2.45, 2.75) is 38.1 Å². The van der Waals surface area contributed by atoms with Crippen molar-refractivity contribution in [1.29, 1.82) is 0 Å². The third kappa shape index (κ3) is 4.46. The molecule has 4 aromatic carbocycles. The maximum atomic E-state index is 13.2. The quantitative estimate of drug-likeness (QED) is 0.133. The van der Waals surface area contributed by atoms with Gasteiger partial charge in [0.1, 0.15) is 35.6 Å². The number of hydrogen-bond donors (Lipinski definition) is 0. The summed E-state index contributed by atoms with van der Waals surface area (Å²) < 4.78 is 23.8. The van der Waals surface area contributed by atoms with Crippen LogP contribution in [0.1, 0.15) is 47.1 Å². The molecule has 0 radical (unpaired) electrons. The van der Waals surface area contributed by atoms with Crippen molar-refractivity contribution in [1.82, 2.24) is 0 Å². The first-order valence-corrected chi connectivity index (χ1v) is 14.0. The van der Waals surface area contributed by atoms with Gasteiger partial charge in [-0.05, 0) is 68.1 Å². The van der Waals surface area contributed by atoms with Gasteiger partial charge in [-0.15, -0.1) is 0 Å². The lowest BCUT2D eigenvalue weighted by Gasteiger charge is -2.47. The van der Waals surface area contributed by atoms with Crippen molar-refractivity contribution in [2.24, 2.45) is 4.99 Å². The molecule has 0 amide bonds. The number of benzene rings is 4. The first-order chi connectivity index (χ1) is 20.7. The zero-order valence-corrected chi connectivity index (χ0v) is 24.5. The standard InChI is InChI=1S/C35H32N2O6/c1-6-18-41-33(39)26-20-25-24(19-30(26)42-32(38)23-12-8-7-9-13-23)16-17-29-31(25)36-21-35(43-29)34(3,4)27-14-10-11-15-28(27)37(35)22(2)40-5/h6-17,19-22H,1,18H2,2-5H3. The summed E-state index contributed by atoms with van der Waals surface area (Å²) in [5.74, 6) is -0.613. The summed E-state index contributed by atoms with van der Waals surface area (Å²) in [7, 11) is 1.67. The molecule has 0 N–H and O–H groups in total. The van der Waals surface area contributed by atoms with Crippen LogP contribution in [0.3, 0.4) is 0 Å². The third-order valence-electron chi connectivity index (χ3n) is 8.25. The number of fused-ring (bicyclic) bond motifs is 4. The van der Waals surface area contributed by atoms with E-state index < -0.39 is 23.1 Å². The van der Waals surface area contributed by atoms with E-state index in [-0.39, 0.29) is 24.1 Å². The maximum Gasteiger partial charge on any atom is 0.343 e. The van der Waals surface area contributed by atoms with Crippen LogP contribution in [0.15, 0.2) is 96.5 Å². The van der Waals surface area contributed by atoms with Gasteiger partial charge in [0.15, 0.2) is 0 Å². The second kappa shape index (κ2) is 10.7. The van der Waals surface area contributed by atoms with Crippen LogP contribution in [0.25, 0.3) is 10.8 Å². The van der Waals surface area contributed by atoms with Crippen LogP contribution < -0.4 is 14.4 Å². The zero-order chi connectivity index (χ0) is 30.4. The van der Waals surface area contributed by atoms with Crippen LogP contribution in [0.5, 0.6) is 11.5 Å². The Balaban J connectivity index is 1.47. The molecule has 43 heavy (non-hydrogen) atoms. The van der Waals surface area contributed by atoms with Gasteiger partial charge in [-0.3, -0.25) is 4.99 Å². The van der Waals surface area contributed by atoms with E-state index >= 15 is 0 Å². The molecule has 8 heteroatoms. The van der Waals surface area contributed by atoms with Crippen molar-refractivity contribution < 1.29 is 28.5 Å². The van der Waals surface area contributed by atoms with Gasteiger partial charge >= 0.3 is 11.9 Å². The number of nitrogens with zero attached hydrogens (tertiary/aromatic N) is 2. The van der Waals surface area contributed by atoms with Gasteiger partial charge in [-0.2, -0.15) is 0 Å². The lowest BCUT2D eigenvalue weighted by molar-refractivity contribution is 0.0186. The fraction of sp³-hybridized carbons (Fsp3) is 0.229. The van der Waals surface area contributed by atoms with Crippen molar-refractivity contribution in [3.8, 4) is 11.5 Å². The van der Waals surface area contributed by atoms with Crippen LogP contribution in [-0.4, -0.2) is 43.8 Å². The Kier molecular flexibility index (Phi) is 7.02. The summed E-state index contributed by atoms with van der Waals surface area (Å²) in [4.78, 5) is 33.2. The molecule has 0 saturated carbocycles. The first-order valence-electron chi connectivity index (χ1n) is 14.0. The van der Waals surface area contributed by atoms with E-state index in [2.05, 4.69) is 37.5 Å². The van der Waals surface area contributed by atoms with Gasteiger partial charge in [0, 0.05) is 18.2 Å². The Morgan fingerprint density at radius 1 is 1.02 bits per heavy atom. The number of carbonyl (C=O) groups excluding carboxylic acids is 2. The number of anilines is 1. The van der Waals surface area contributed by atoms with Crippen molar-refractivity contribution in [3.05, 3.63) is 108 Å². The van der Waals surface area contributed by atoms with E-state index in [1.807, 2.05) is 37.4 Å². The lowest BCUT2D eigenvalue weighted by atomic mass is 9.77. The summed E-state index contributed by atoms with van der Waals surface area (Å²) >= 11 is 0. The molecule has 2 unspecified atom stereocenters. The van der Waals surface area contributed by atoms with Crippen LogP contribution in [0.4, 0.5) is 11.4 Å². The largest absolute Gasteiger partial charge is 0.459 e. The summed E-state index contributed by atoms with van der Waals surface area (Å²) in [6.45, 7) is 9.87. The minimum absolute atomic E-state index is 0.00276. The van der Waals surface area contributed by atoms with E-state index in [9.17, 15) is 9.59 Å². The van der Waals surface area contributed by atoms with Crippen LogP contribution >= 0.6 is 0 Å². The second-order valence-corrected chi connectivity index (χ2v) is 11.0. The van der Waals surface area contributed by atoms with E-state index in [0.717, 1.165) is 11.3 Å². The molecule has 0 aliphatic carbocycles. The Hall–Kier alpha value is -4.95. The van der Waals surface area contributed by atoms with Crippen molar-refractivity contribution in [3.63, 3.8) is 0 Å². The number of hydrogen-bond acceptors (Lipinski definition) is 8. The first kappa shape index (κ1) is 28.2. The molecule has 0 bridgehead atoms. The summed E-state index contributed by atoms with van der Waals surface area (Å²) in [6, 6.07) is 23.8. The SMILES string of the molecule is C=CCOC(=O)c1cc2c3c(ccc2cc1OC(=O)c1ccccc1)OC1(C=N3)N(C(C)OC)c2ccccc2C1(C)C. The fourth-order valence-electron chi connectivity index (χ4n) is 5.92. The fourth-order valence-corrected chi connectivity index (χ4v) is 5.92.